The third kappa shape index (κ3) is 2.56. The van der Waals surface area contributed by atoms with E-state index in [2.05, 4.69) is 35.3 Å². The summed E-state index contributed by atoms with van der Waals surface area (Å²) in [5.74, 6) is 1.99. The van der Waals surface area contributed by atoms with Gasteiger partial charge in [-0.15, -0.1) is 0 Å². The summed E-state index contributed by atoms with van der Waals surface area (Å²) in [6, 6.07) is 2.33. The molecular formula is C14H21N5. The molecule has 0 aliphatic heterocycles. The van der Waals surface area contributed by atoms with Gasteiger partial charge in [0.05, 0.1) is 5.69 Å². The zero-order chi connectivity index (χ0) is 13.4. The minimum atomic E-state index is 0.231. The Hall–Kier alpha value is -1.62. The van der Waals surface area contributed by atoms with Crippen molar-refractivity contribution in [2.45, 2.75) is 38.6 Å². The maximum Gasteiger partial charge on any atom is 0.152 e. The van der Waals surface area contributed by atoms with Crippen molar-refractivity contribution in [3.63, 3.8) is 0 Å². The fourth-order valence-electron chi connectivity index (χ4n) is 2.26. The fourth-order valence-corrected chi connectivity index (χ4v) is 2.26. The highest BCUT2D eigenvalue weighted by Gasteiger charge is 2.28. The molecule has 1 aliphatic carbocycles. The number of hydrogen-bond donors (Lipinski definition) is 2. The first-order chi connectivity index (χ1) is 9.15. The number of nitrogens with two attached hydrogens (primary N) is 1. The molecule has 1 unspecified atom stereocenters. The number of anilines is 1. The van der Waals surface area contributed by atoms with E-state index in [0.29, 0.717) is 11.8 Å². The predicted octanol–water partition coefficient (Wildman–Crippen LogP) is 2.00. The molecule has 0 radical (unpaired) electrons. The summed E-state index contributed by atoms with van der Waals surface area (Å²) in [6.07, 6.45) is 6.19. The summed E-state index contributed by atoms with van der Waals surface area (Å²) in [4.78, 5) is 4.40. The second-order valence-electron chi connectivity index (χ2n) is 5.71. The molecule has 0 aromatic carbocycles. The fraction of sp³-hybridized carbons (Fsp3) is 0.571. The zero-order valence-corrected chi connectivity index (χ0v) is 11.5. The molecule has 19 heavy (non-hydrogen) atoms. The van der Waals surface area contributed by atoms with E-state index >= 15 is 0 Å². The second kappa shape index (κ2) is 4.81. The van der Waals surface area contributed by atoms with E-state index in [1.807, 2.05) is 10.7 Å². The van der Waals surface area contributed by atoms with Crippen LogP contribution in [0.4, 0.5) is 5.82 Å². The van der Waals surface area contributed by atoms with Crippen molar-refractivity contribution in [1.29, 1.82) is 0 Å². The predicted molar refractivity (Wildman–Crippen MR) is 76.3 cm³/mol. The van der Waals surface area contributed by atoms with Gasteiger partial charge in [-0.3, -0.25) is 0 Å². The van der Waals surface area contributed by atoms with Gasteiger partial charge in [0.2, 0.25) is 0 Å². The first-order valence-corrected chi connectivity index (χ1v) is 6.99. The van der Waals surface area contributed by atoms with Gasteiger partial charge in [0, 0.05) is 25.0 Å². The lowest BCUT2D eigenvalue weighted by Crippen LogP contribution is -2.31. The van der Waals surface area contributed by atoms with Gasteiger partial charge in [-0.2, -0.15) is 5.10 Å². The maximum absolute atomic E-state index is 6.11. The van der Waals surface area contributed by atoms with E-state index in [9.17, 15) is 0 Å². The molecule has 2 aromatic rings. The Kier molecular flexibility index (Phi) is 3.14. The van der Waals surface area contributed by atoms with Crippen molar-refractivity contribution >= 4 is 11.3 Å². The highest BCUT2D eigenvalue weighted by Crippen LogP contribution is 2.31. The normalized spacial score (nSPS) is 17.1. The van der Waals surface area contributed by atoms with Crippen molar-refractivity contribution in [1.82, 2.24) is 14.6 Å². The average molecular weight is 259 g/mol. The Labute approximate surface area is 113 Å². The van der Waals surface area contributed by atoms with Crippen LogP contribution < -0.4 is 11.1 Å². The van der Waals surface area contributed by atoms with Crippen LogP contribution in [0.2, 0.25) is 0 Å². The first-order valence-electron chi connectivity index (χ1n) is 6.99. The van der Waals surface area contributed by atoms with Gasteiger partial charge in [0.1, 0.15) is 5.52 Å². The van der Waals surface area contributed by atoms with Crippen LogP contribution >= 0.6 is 0 Å². The number of hydrogen-bond acceptors (Lipinski definition) is 4. The molecule has 0 amide bonds. The standard InChI is InChI=1S/C14H21N5/c1-9(2)12-7-13-14(16-5-6-19(13)18-12)17-8-11(15)10-3-4-10/h5-7,9-11H,3-4,8,15H2,1-2H3,(H,16,17). The molecule has 2 aromatic heterocycles. The monoisotopic (exact) mass is 259 g/mol. The molecule has 3 N–H and O–H groups in total. The molecule has 5 nitrogen and oxygen atoms in total. The minimum absolute atomic E-state index is 0.231. The molecule has 102 valence electrons. The summed E-state index contributed by atoms with van der Waals surface area (Å²) in [7, 11) is 0. The minimum Gasteiger partial charge on any atom is -0.367 e. The Balaban J connectivity index is 1.81. The number of nitrogens with zero attached hydrogens (tertiary/aromatic N) is 3. The van der Waals surface area contributed by atoms with Crippen LogP contribution in [0.1, 0.15) is 38.3 Å². The smallest absolute Gasteiger partial charge is 0.152 e. The molecule has 0 bridgehead atoms. The van der Waals surface area contributed by atoms with Gasteiger partial charge >= 0.3 is 0 Å². The van der Waals surface area contributed by atoms with E-state index in [1.165, 1.54) is 12.8 Å². The topological polar surface area (TPSA) is 68.2 Å². The average Bonchev–Trinajstić information content (AvgIpc) is 3.14. The zero-order valence-electron chi connectivity index (χ0n) is 11.5. The lowest BCUT2D eigenvalue weighted by Gasteiger charge is -2.12. The summed E-state index contributed by atoms with van der Waals surface area (Å²) < 4.78 is 1.88. The van der Waals surface area contributed by atoms with Gasteiger partial charge in [0.15, 0.2) is 5.82 Å². The summed E-state index contributed by atoms with van der Waals surface area (Å²) in [6.45, 7) is 5.07. The Morgan fingerprint density at radius 1 is 1.47 bits per heavy atom. The Morgan fingerprint density at radius 3 is 2.95 bits per heavy atom. The van der Waals surface area contributed by atoms with Crippen molar-refractivity contribution < 1.29 is 0 Å². The highest BCUT2D eigenvalue weighted by atomic mass is 15.2. The molecular weight excluding hydrogens is 238 g/mol. The third-order valence-corrected chi connectivity index (χ3v) is 3.73. The molecule has 3 rings (SSSR count). The van der Waals surface area contributed by atoms with Crippen LogP contribution in [0.5, 0.6) is 0 Å². The summed E-state index contributed by atoms with van der Waals surface area (Å²) >= 11 is 0. The van der Waals surface area contributed by atoms with Gasteiger partial charge < -0.3 is 11.1 Å². The van der Waals surface area contributed by atoms with Gasteiger partial charge in [0.25, 0.3) is 0 Å². The van der Waals surface area contributed by atoms with Crippen molar-refractivity contribution in [2.75, 3.05) is 11.9 Å². The molecule has 1 atom stereocenters. The Morgan fingerprint density at radius 2 is 2.26 bits per heavy atom. The van der Waals surface area contributed by atoms with Crippen LogP contribution in [0.3, 0.4) is 0 Å². The lowest BCUT2D eigenvalue weighted by molar-refractivity contribution is 0.620. The SMILES string of the molecule is CC(C)c1cc2c(NCC(N)C3CC3)nccn2n1. The quantitative estimate of drug-likeness (QED) is 0.861. The molecule has 1 aliphatic rings. The largest absolute Gasteiger partial charge is 0.367 e. The Bertz CT molecular complexity index is 570. The molecule has 0 spiro atoms. The highest BCUT2D eigenvalue weighted by molar-refractivity contribution is 5.67. The van der Waals surface area contributed by atoms with Crippen molar-refractivity contribution in [3.05, 3.63) is 24.2 Å². The van der Waals surface area contributed by atoms with E-state index in [0.717, 1.165) is 23.6 Å². The van der Waals surface area contributed by atoms with E-state index in [1.54, 1.807) is 6.20 Å². The molecule has 5 heteroatoms. The van der Waals surface area contributed by atoms with Crippen LogP contribution in [-0.2, 0) is 0 Å². The number of rotatable bonds is 5. The van der Waals surface area contributed by atoms with E-state index in [-0.39, 0.29) is 6.04 Å². The third-order valence-electron chi connectivity index (χ3n) is 3.73. The number of aromatic nitrogens is 3. The van der Waals surface area contributed by atoms with Crippen molar-refractivity contribution in [3.8, 4) is 0 Å². The molecule has 1 saturated carbocycles. The van der Waals surface area contributed by atoms with Gasteiger partial charge in [-0.1, -0.05) is 13.8 Å². The van der Waals surface area contributed by atoms with Crippen molar-refractivity contribution in [2.24, 2.45) is 11.7 Å². The number of nitrogens with one attached hydrogen (secondary N) is 1. The van der Waals surface area contributed by atoms with Crippen LogP contribution in [0.15, 0.2) is 18.5 Å². The molecule has 0 saturated heterocycles. The second-order valence-corrected chi connectivity index (χ2v) is 5.71. The van der Waals surface area contributed by atoms with Gasteiger partial charge in [-0.05, 0) is 30.7 Å². The van der Waals surface area contributed by atoms with Crippen LogP contribution in [-0.4, -0.2) is 27.2 Å². The first kappa shape index (κ1) is 12.4. The summed E-state index contributed by atoms with van der Waals surface area (Å²) in [5.41, 5.74) is 8.22. The maximum atomic E-state index is 6.11. The van der Waals surface area contributed by atoms with E-state index in [4.69, 9.17) is 5.73 Å². The lowest BCUT2D eigenvalue weighted by atomic mass is 10.1. The van der Waals surface area contributed by atoms with E-state index < -0.39 is 0 Å². The molecule has 1 fully saturated rings. The summed E-state index contributed by atoms with van der Waals surface area (Å²) in [5, 5.41) is 7.92. The number of fused-ring (bicyclic) bond motifs is 1. The molecule has 2 heterocycles. The van der Waals surface area contributed by atoms with Crippen LogP contribution in [0, 0.1) is 5.92 Å². The van der Waals surface area contributed by atoms with Crippen LogP contribution in [0.25, 0.3) is 5.52 Å². The van der Waals surface area contributed by atoms with Gasteiger partial charge in [-0.25, -0.2) is 9.50 Å².